The number of amides is 2. The van der Waals surface area contributed by atoms with E-state index in [1.165, 1.54) is 4.90 Å². The number of nitrogens with zero attached hydrogens (tertiary/aromatic N) is 2. The zero-order chi connectivity index (χ0) is 14.0. The van der Waals surface area contributed by atoms with E-state index in [1.54, 1.807) is 12.4 Å². The summed E-state index contributed by atoms with van der Waals surface area (Å²) in [6.45, 7) is 6.25. The lowest BCUT2D eigenvalue weighted by Crippen LogP contribution is -2.41. The molecule has 0 aliphatic carbocycles. The van der Waals surface area contributed by atoms with Crippen LogP contribution in [0.3, 0.4) is 0 Å². The number of carbonyl (C=O) groups is 2. The van der Waals surface area contributed by atoms with E-state index in [0.717, 1.165) is 11.1 Å². The third kappa shape index (κ3) is 2.81. The Hall–Kier alpha value is -1.75. The van der Waals surface area contributed by atoms with Crippen molar-refractivity contribution in [3.05, 3.63) is 29.6 Å². The van der Waals surface area contributed by atoms with Crippen molar-refractivity contribution in [3.8, 4) is 0 Å². The van der Waals surface area contributed by atoms with Crippen molar-refractivity contribution in [1.82, 2.24) is 15.2 Å². The van der Waals surface area contributed by atoms with Crippen molar-refractivity contribution in [2.45, 2.75) is 45.8 Å². The summed E-state index contributed by atoms with van der Waals surface area (Å²) < 4.78 is 0. The predicted octanol–water partition coefficient (Wildman–Crippen LogP) is 1.02. The third-order valence-electron chi connectivity index (χ3n) is 3.39. The lowest BCUT2D eigenvalue weighted by molar-refractivity contribution is -0.140. The molecule has 0 bridgehead atoms. The molecule has 2 amide bonds. The summed E-state index contributed by atoms with van der Waals surface area (Å²) in [5.74, 6) is -0.220. The van der Waals surface area contributed by atoms with Gasteiger partial charge in [0, 0.05) is 25.0 Å². The van der Waals surface area contributed by atoms with Gasteiger partial charge in [-0.3, -0.25) is 19.5 Å². The molecule has 1 N–H and O–H groups in total. The first-order valence-electron chi connectivity index (χ1n) is 6.49. The number of likely N-dealkylation sites (tertiary alicyclic amines) is 1. The van der Waals surface area contributed by atoms with Crippen molar-refractivity contribution in [1.29, 1.82) is 0 Å². The number of aromatic nitrogens is 1. The molecule has 1 fully saturated rings. The first-order valence-corrected chi connectivity index (χ1v) is 6.49. The van der Waals surface area contributed by atoms with Gasteiger partial charge in [0.2, 0.25) is 11.8 Å². The summed E-state index contributed by atoms with van der Waals surface area (Å²) in [5.41, 5.74) is 2.17. The molecule has 5 nitrogen and oxygen atoms in total. The number of pyridine rings is 1. The Balaban J connectivity index is 2.00. The van der Waals surface area contributed by atoms with E-state index in [0.29, 0.717) is 6.54 Å². The Bertz CT molecular complexity index is 499. The van der Waals surface area contributed by atoms with E-state index in [1.807, 2.05) is 26.8 Å². The van der Waals surface area contributed by atoms with Gasteiger partial charge in [0.15, 0.2) is 0 Å². The lowest BCUT2D eigenvalue weighted by atomic mass is 10.1. The van der Waals surface area contributed by atoms with Crippen LogP contribution < -0.4 is 5.32 Å². The number of rotatable bonds is 4. The summed E-state index contributed by atoms with van der Waals surface area (Å²) in [5, 5.41) is 3.15. The van der Waals surface area contributed by atoms with Crippen molar-refractivity contribution in [2.75, 3.05) is 0 Å². The number of nitrogens with one attached hydrogen (secondary N) is 1. The SMILES string of the molecule is Cc1ccncc1CNC1CC(=O)N(C(C)C)C1=O. The van der Waals surface area contributed by atoms with E-state index in [4.69, 9.17) is 0 Å². The molecule has 2 heterocycles. The highest BCUT2D eigenvalue weighted by molar-refractivity contribution is 6.05. The number of aryl methyl sites for hydroxylation is 1. The van der Waals surface area contributed by atoms with Crippen molar-refractivity contribution in [3.63, 3.8) is 0 Å². The van der Waals surface area contributed by atoms with Crippen LogP contribution in [-0.2, 0) is 16.1 Å². The molecular formula is C14H19N3O2. The van der Waals surface area contributed by atoms with Gasteiger partial charge in [-0.15, -0.1) is 0 Å². The molecule has 19 heavy (non-hydrogen) atoms. The summed E-state index contributed by atoms with van der Waals surface area (Å²) >= 11 is 0. The largest absolute Gasteiger partial charge is 0.301 e. The Morgan fingerprint density at radius 3 is 2.79 bits per heavy atom. The van der Waals surface area contributed by atoms with Crippen molar-refractivity contribution in [2.24, 2.45) is 0 Å². The van der Waals surface area contributed by atoms with Crippen molar-refractivity contribution >= 4 is 11.8 Å². The number of carbonyl (C=O) groups excluding carboxylic acids is 2. The van der Waals surface area contributed by atoms with Crippen LogP contribution in [0.2, 0.25) is 0 Å². The smallest absolute Gasteiger partial charge is 0.247 e. The Kier molecular flexibility index (Phi) is 3.95. The summed E-state index contributed by atoms with van der Waals surface area (Å²) in [6, 6.07) is 1.44. The molecule has 1 aromatic rings. The van der Waals surface area contributed by atoms with E-state index in [-0.39, 0.29) is 24.3 Å². The number of hydrogen-bond donors (Lipinski definition) is 1. The van der Waals surface area contributed by atoms with Crippen molar-refractivity contribution < 1.29 is 9.59 Å². The van der Waals surface area contributed by atoms with Gasteiger partial charge in [-0.2, -0.15) is 0 Å². The maximum atomic E-state index is 12.1. The standard InChI is InChI=1S/C14H19N3O2/c1-9(2)17-13(18)6-12(14(17)19)16-8-11-7-15-5-4-10(11)3/h4-5,7,9,12,16H,6,8H2,1-3H3. The van der Waals surface area contributed by atoms with Gasteiger partial charge in [-0.05, 0) is 38.0 Å². The Labute approximate surface area is 113 Å². The zero-order valence-electron chi connectivity index (χ0n) is 11.5. The molecule has 0 aromatic carbocycles. The molecule has 2 rings (SSSR count). The Morgan fingerprint density at radius 1 is 1.47 bits per heavy atom. The van der Waals surface area contributed by atoms with Gasteiger partial charge in [0.05, 0.1) is 12.5 Å². The topological polar surface area (TPSA) is 62.3 Å². The quantitative estimate of drug-likeness (QED) is 0.822. The Morgan fingerprint density at radius 2 is 2.21 bits per heavy atom. The van der Waals surface area contributed by atoms with Crippen LogP contribution in [0.4, 0.5) is 0 Å². The fourth-order valence-electron chi connectivity index (χ4n) is 2.27. The van der Waals surface area contributed by atoms with Crippen LogP contribution >= 0.6 is 0 Å². The highest BCUT2D eigenvalue weighted by Gasteiger charge is 2.39. The van der Waals surface area contributed by atoms with Crippen LogP contribution in [-0.4, -0.2) is 33.8 Å². The molecule has 1 aliphatic rings. The molecule has 102 valence electrons. The molecule has 1 unspecified atom stereocenters. The zero-order valence-corrected chi connectivity index (χ0v) is 11.5. The fourth-order valence-corrected chi connectivity index (χ4v) is 2.27. The normalized spacial score (nSPS) is 19.6. The highest BCUT2D eigenvalue weighted by Crippen LogP contribution is 2.17. The highest BCUT2D eigenvalue weighted by atomic mass is 16.2. The number of imide groups is 1. The van der Waals surface area contributed by atoms with Crippen LogP contribution in [0.1, 0.15) is 31.4 Å². The summed E-state index contributed by atoms with van der Waals surface area (Å²) in [4.78, 5) is 29.3. The van der Waals surface area contributed by atoms with Gasteiger partial charge >= 0.3 is 0 Å². The van der Waals surface area contributed by atoms with Crippen LogP contribution in [0, 0.1) is 6.92 Å². The molecule has 0 radical (unpaired) electrons. The van der Waals surface area contributed by atoms with Crippen LogP contribution in [0.15, 0.2) is 18.5 Å². The average molecular weight is 261 g/mol. The van der Waals surface area contributed by atoms with Gasteiger partial charge < -0.3 is 5.32 Å². The predicted molar refractivity (Wildman–Crippen MR) is 71.2 cm³/mol. The molecule has 1 aromatic heterocycles. The maximum absolute atomic E-state index is 12.1. The minimum Gasteiger partial charge on any atom is -0.301 e. The second-order valence-corrected chi connectivity index (χ2v) is 5.14. The van der Waals surface area contributed by atoms with E-state index in [9.17, 15) is 9.59 Å². The number of hydrogen-bond acceptors (Lipinski definition) is 4. The second kappa shape index (κ2) is 5.48. The molecule has 0 spiro atoms. The first-order chi connectivity index (χ1) is 9.00. The van der Waals surface area contributed by atoms with Gasteiger partial charge in [-0.1, -0.05) is 0 Å². The average Bonchev–Trinajstić information content (AvgIpc) is 2.63. The molecule has 1 saturated heterocycles. The molecular weight excluding hydrogens is 242 g/mol. The van der Waals surface area contributed by atoms with Gasteiger partial charge in [0.1, 0.15) is 0 Å². The lowest BCUT2D eigenvalue weighted by Gasteiger charge is -2.19. The minimum absolute atomic E-state index is 0.0769. The van der Waals surface area contributed by atoms with E-state index >= 15 is 0 Å². The molecule has 0 saturated carbocycles. The second-order valence-electron chi connectivity index (χ2n) is 5.14. The van der Waals surface area contributed by atoms with E-state index in [2.05, 4.69) is 10.3 Å². The van der Waals surface area contributed by atoms with Crippen LogP contribution in [0.5, 0.6) is 0 Å². The van der Waals surface area contributed by atoms with Gasteiger partial charge in [0.25, 0.3) is 0 Å². The van der Waals surface area contributed by atoms with Crippen LogP contribution in [0.25, 0.3) is 0 Å². The summed E-state index contributed by atoms with van der Waals surface area (Å²) in [7, 11) is 0. The summed E-state index contributed by atoms with van der Waals surface area (Å²) in [6.07, 6.45) is 3.77. The first kappa shape index (κ1) is 13.7. The minimum atomic E-state index is -0.408. The molecule has 1 aliphatic heterocycles. The fraction of sp³-hybridized carbons (Fsp3) is 0.500. The maximum Gasteiger partial charge on any atom is 0.247 e. The van der Waals surface area contributed by atoms with E-state index < -0.39 is 6.04 Å². The molecule has 1 atom stereocenters. The monoisotopic (exact) mass is 261 g/mol. The molecule has 5 heteroatoms. The van der Waals surface area contributed by atoms with Gasteiger partial charge in [-0.25, -0.2) is 0 Å². The third-order valence-corrected chi connectivity index (χ3v) is 3.39.